The molecular formula is C30H33N5O2S. The second kappa shape index (κ2) is 9.36. The molecule has 0 saturated carbocycles. The number of anilines is 3. The molecule has 1 aliphatic carbocycles. The van der Waals surface area contributed by atoms with E-state index in [0.717, 1.165) is 32.2 Å². The maximum Gasteiger partial charge on any atom is 0.283 e. The molecule has 1 heterocycles. The molecule has 8 heteroatoms. The third-order valence-corrected chi connectivity index (χ3v) is 8.92. The normalized spacial score (nSPS) is 14.2. The molecule has 38 heavy (non-hydrogen) atoms. The van der Waals surface area contributed by atoms with Gasteiger partial charge in [-0.05, 0) is 54.4 Å². The number of aromatic nitrogens is 2. The first-order chi connectivity index (χ1) is 18.0. The number of nitrogens with zero attached hydrogens (tertiary/aromatic N) is 4. The van der Waals surface area contributed by atoms with E-state index in [0.29, 0.717) is 17.7 Å². The van der Waals surface area contributed by atoms with Crippen molar-refractivity contribution in [1.82, 2.24) is 9.19 Å². The van der Waals surface area contributed by atoms with Gasteiger partial charge in [0.25, 0.3) is 10.0 Å². The fraction of sp³-hybridized carbons (Fsp3) is 0.233. The number of benzene rings is 3. The molecule has 7 nitrogen and oxygen atoms in total. The summed E-state index contributed by atoms with van der Waals surface area (Å²) in [6.07, 6.45) is 4.44. The van der Waals surface area contributed by atoms with Gasteiger partial charge in [-0.15, -0.1) is 5.10 Å². The standard InChI is InChI=1S/C30H33N5O2S/c1-21-12-14-26(15-13-21)38(36,37)35-28-20-30(17-16-27(28)29(31)32-35,22-8-6-10-24(18-22)33(2)3)23-9-7-11-25(19-23)34(4)5/h6-19H,20H2,1-5H3,(H2,31,32). The first kappa shape index (κ1) is 25.6. The van der Waals surface area contributed by atoms with E-state index >= 15 is 0 Å². The minimum absolute atomic E-state index is 0.178. The lowest BCUT2D eigenvalue weighted by atomic mass is 9.68. The lowest BCUT2D eigenvalue weighted by Gasteiger charge is -2.36. The van der Waals surface area contributed by atoms with Gasteiger partial charge in [0.15, 0.2) is 5.82 Å². The average molecular weight is 528 g/mol. The predicted molar refractivity (Wildman–Crippen MR) is 155 cm³/mol. The highest BCUT2D eigenvalue weighted by Gasteiger charge is 2.40. The number of rotatable bonds is 6. The Morgan fingerprint density at radius 1 is 0.868 bits per heavy atom. The van der Waals surface area contributed by atoms with Gasteiger partial charge in [-0.3, -0.25) is 0 Å². The van der Waals surface area contributed by atoms with E-state index in [-0.39, 0.29) is 10.7 Å². The van der Waals surface area contributed by atoms with Crippen molar-refractivity contribution in [3.63, 3.8) is 0 Å². The molecule has 5 rings (SSSR count). The molecule has 0 aliphatic heterocycles. The van der Waals surface area contributed by atoms with Crippen molar-refractivity contribution in [3.8, 4) is 0 Å². The highest BCUT2D eigenvalue weighted by molar-refractivity contribution is 7.89. The van der Waals surface area contributed by atoms with Crippen LogP contribution < -0.4 is 15.5 Å². The Hall–Kier alpha value is -4.04. The van der Waals surface area contributed by atoms with Gasteiger partial charge >= 0.3 is 0 Å². The lowest BCUT2D eigenvalue weighted by Crippen LogP contribution is -2.33. The molecule has 1 aliphatic rings. The van der Waals surface area contributed by atoms with Gasteiger partial charge in [-0.1, -0.05) is 54.1 Å². The molecule has 0 unspecified atom stereocenters. The summed E-state index contributed by atoms with van der Waals surface area (Å²) in [5.74, 6) is 0.199. The lowest BCUT2D eigenvalue weighted by molar-refractivity contribution is 0.565. The van der Waals surface area contributed by atoms with Gasteiger partial charge in [0.1, 0.15) is 0 Å². The average Bonchev–Trinajstić information content (AvgIpc) is 3.25. The van der Waals surface area contributed by atoms with Crippen molar-refractivity contribution >= 4 is 33.3 Å². The third kappa shape index (κ3) is 4.24. The summed E-state index contributed by atoms with van der Waals surface area (Å²) in [6, 6.07) is 23.5. The molecule has 0 spiro atoms. The van der Waals surface area contributed by atoms with Crippen LogP contribution in [-0.2, 0) is 21.9 Å². The minimum atomic E-state index is -3.96. The Morgan fingerprint density at radius 2 is 1.42 bits per heavy atom. The van der Waals surface area contributed by atoms with Crippen molar-refractivity contribution in [3.05, 3.63) is 107 Å². The van der Waals surface area contributed by atoms with Crippen LogP contribution >= 0.6 is 0 Å². The monoisotopic (exact) mass is 527 g/mol. The summed E-state index contributed by atoms with van der Waals surface area (Å²) in [5, 5.41) is 4.35. The molecule has 4 aromatic rings. The van der Waals surface area contributed by atoms with Crippen molar-refractivity contribution < 1.29 is 8.42 Å². The van der Waals surface area contributed by atoms with E-state index in [2.05, 4.69) is 57.4 Å². The molecule has 0 saturated heterocycles. The predicted octanol–water partition coefficient (Wildman–Crippen LogP) is 4.70. The molecule has 0 fully saturated rings. The maximum atomic E-state index is 13.8. The van der Waals surface area contributed by atoms with Crippen LogP contribution in [0.3, 0.4) is 0 Å². The molecule has 2 N–H and O–H groups in total. The summed E-state index contributed by atoms with van der Waals surface area (Å²) in [7, 11) is 4.09. The van der Waals surface area contributed by atoms with E-state index in [4.69, 9.17) is 5.73 Å². The van der Waals surface area contributed by atoms with Gasteiger partial charge in [0, 0.05) is 57.0 Å². The number of aryl methyl sites for hydroxylation is 1. The van der Waals surface area contributed by atoms with E-state index in [9.17, 15) is 8.42 Å². The van der Waals surface area contributed by atoms with Crippen LogP contribution in [0.15, 0.2) is 83.8 Å². The molecule has 1 aromatic heterocycles. The third-order valence-electron chi connectivity index (χ3n) is 7.30. The summed E-state index contributed by atoms with van der Waals surface area (Å²) in [6.45, 7) is 1.92. The van der Waals surface area contributed by atoms with E-state index in [1.165, 1.54) is 0 Å². The summed E-state index contributed by atoms with van der Waals surface area (Å²) in [4.78, 5) is 4.31. The van der Waals surface area contributed by atoms with Gasteiger partial charge < -0.3 is 15.5 Å². The first-order valence-corrected chi connectivity index (χ1v) is 13.9. The first-order valence-electron chi connectivity index (χ1n) is 12.5. The van der Waals surface area contributed by atoms with Gasteiger partial charge in [-0.2, -0.15) is 12.5 Å². The van der Waals surface area contributed by atoms with Crippen LogP contribution in [0.25, 0.3) is 6.08 Å². The quantitative estimate of drug-likeness (QED) is 0.391. The highest BCUT2D eigenvalue weighted by Crippen LogP contribution is 2.44. The van der Waals surface area contributed by atoms with Crippen LogP contribution in [0, 0.1) is 6.92 Å². The van der Waals surface area contributed by atoms with Crippen LogP contribution in [0.4, 0.5) is 17.2 Å². The zero-order valence-electron chi connectivity index (χ0n) is 22.4. The molecule has 0 bridgehead atoms. The van der Waals surface area contributed by atoms with E-state index < -0.39 is 15.4 Å². The Labute approximate surface area is 224 Å². The number of nitrogens with two attached hydrogens (primary N) is 1. The smallest absolute Gasteiger partial charge is 0.283 e. The van der Waals surface area contributed by atoms with Crippen LogP contribution in [0.2, 0.25) is 0 Å². The molecular weight excluding hydrogens is 494 g/mol. The van der Waals surface area contributed by atoms with E-state index in [1.807, 2.05) is 53.3 Å². The Morgan fingerprint density at radius 3 is 1.95 bits per heavy atom. The molecule has 3 aromatic carbocycles. The second-order valence-electron chi connectivity index (χ2n) is 10.3. The van der Waals surface area contributed by atoms with Crippen LogP contribution in [0.1, 0.15) is 27.9 Å². The van der Waals surface area contributed by atoms with Crippen LogP contribution in [-0.4, -0.2) is 45.8 Å². The van der Waals surface area contributed by atoms with Gasteiger partial charge in [-0.25, -0.2) is 0 Å². The van der Waals surface area contributed by atoms with Crippen molar-refractivity contribution in [1.29, 1.82) is 0 Å². The molecule has 0 amide bonds. The largest absolute Gasteiger partial charge is 0.382 e. The SMILES string of the molecule is Cc1ccc(S(=O)(=O)n2nc(N)c3c2CC(c2cccc(N(C)C)c2)(c2cccc(N(C)C)c2)C=C3)cc1. The molecule has 196 valence electrons. The molecule has 0 atom stereocenters. The van der Waals surface area contributed by atoms with Crippen molar-refractivity contribution in [2.75, 3.05) is 43.7 Å². The second-order valence-corrected chi connectivity index (χ2v) is 12.0. The minimum Gasteiger partial charge on any atom is -0.382 e. The fourth-order valence-corrected chi connectivity index (χ4v) is 6.38. The molecule has 0 radical (unpaired) electrons. The summed E-state index contributed by atoms with van der Waals surface area (Å²) in [5.41, 5.74) is 12.1. The summed E-state index contributed by atoms with van der Waals surface area (Å²) >= 11 is 0. The topological polar surface area (TPSA) is 84.5 Å². The van der Waals surface area contributed by atoms with Crippen LogP contribution in [0.5, 0.6) is 0 Å². The van der Waals surface area contributed by atoms with E-state index in [1.54, 1.807) is 24.3 Å². The van der Waals surface area contributed by atoms with Gasteiger partial charge in [0.05, 0.1) is 10.6 Å². The number of hydrogen-bond acceptors (Lipinski definition) is 6. The number of hydrogen-bond donors (Lipinski definition) is 1. The maximum absolute atomic E-state index is 13.8. The zero-order valence-corrected chi connectivity index (χ0v) is 23.2. The number of fused-ring (bicyclic) bond motifs is 1. The Bertz CT molecular complexity index is 1580. The van der Waals surface area contributed by atoms with Crippen molar-refractivity contribution in [2.24, 2.45) is 0 Å². The summed E-state index contributed by atoms with van der Waals surface area (Å²) < 4.78 is 28.7. The fourth-order valence-electron chi connectivity index (χ4n) is 5.05. The number of nitrogen functional groups attached to an aromatic ring is 1. The highest BCUT2D eigenvalue weighted by atomic mass is 32.2. The van der Waals surface area contributed by atoms with Gasteiger partial charge in [0.2, 0.25) is 0 Å². The zero-order chi connectivity index (χ0) is 27.2. The Kier molecular flexibility index (Phi) is 6.31. The number of allylic oxidation sites excluding steroid dienone is 1. The van der Waals surface area contributed by atoms with Crippen molar-refractivity contribution in [2.45, 2.75) is 23.7 Å². The Balaban J connectivity index is 1.74.